The Labute approximate surface area is 131 Å². The lowest BCUT2D eigenvalue weighted by molar-refractivity contribution is 0.0948. The van der Waals surface area contributed by atoms with Gasteiger partial charge in [-0.25, -0.2) is 0 Å². The highest BCUT2D eigenvalue weighted by atomic mass is 16.5. The Morgan fingerprint density at radius 2 is 2.14 bits per heavy atom. The first-order valence-electron chi connectivity index (χ1n) is 7.55. The summed E-state index contributed by atoms with van der Waals surface area (Å²) in [5.74, 6) is 1.08. The van der Waals surface area contributed by atoms with Crippen LogP contribution in [0.25, 0.3) is 0 Å². The topological polar surface area (TPSA) is 51.2 Å². The summed E-state index contributed by atoms with van der Waals surface area (Å²) in [6.07, 6.45) is 4.38. The third kappa shape index (κ3) is 5.20. The van der Waals surface area contributed by atoms with Crippen molar-refractivity contribution in [1.29, 1.82) is 0 Å². The summed E-state index contributed by atoms with van der Waals surface area (Å²) in [6.45, 7) is 5.37. The molecular weight excluding hydrogens is 276 g/mol. The monoisotopic (exact) mass is 298 g/mol. The summed E-state index contributed by atoms with van der Waals surface area (Å²) in [7, 11) is 0. The minimum absolute atomic E-state index is 0.0635. The second-order valence-corrected chi connectivity index (χ2v) is 5.59. The molecule has 1 heterocycles. The highest BCUT2D eigenvalue weighted by Gasteiger charge is 2.07. The molecule has 0 bridgehead atoms. The third-order valence-corrected chi connectivity index (χ3v) is 3.15. The molecule has 0 saturated heterocycles. The number of carbonyl (C=O) groups is 1. The predicted molar refractivity (Wildman–Crippen MR) is 87.0 cm³/mol. The number of aromatic nitrogens is 1. The number of nitrogens with zero attached hydrogens (tertiary/aromatic N) is 1. The zero-order chi connectivity index (χ0) is 15.8. The number of carbonyl (C=O) groups excluding carboxylic acids is 1. The van der Waals surface area contributed by atoms with Crippen LogP contribution in [0.4, 0.5) is 0 Å². The van der Waals surface area contributed by atoms with Crippen molar-refractivity contribution in [2.75, 3.05) is 13.2 Å². The van der Waals surface area contributed by atoms with Gasteiger partial charge in [-0.15, -0.1) is 0 Å². The molecule has 0 aliphatic carbocycles. The molecule has 1 amide bonds. The van der Waals surface area contributed by atoms with Gasteiger partial charge in [0.2, 0.25) is 0 Å². The minimum Gasteiger partial charge on any atom is -0.493 e. The zero-order valence-corrected chi connectivity index (χ0v) is 13.1. The van der Waals surface area contributed by atoms with Crippen molar-refractivity contribution in [3.05, 3.63) is 59.9 Å². The molecule has 0 spiro atoms. The van der Waals surface area contributed by atoms with Gasteiger partial charge in [0.25, 0.3) is 5.91 Å². The van der Waals surface area contributed by atoms with Crippen LogP contribution in [-0.2, 0) is 6.42 Å². The number of hydrogen-bond acceptors (Lipinski definition) is 3. The molecule has 116 valence electrons. The minimum atomic E-state index is -0.0635. The average Bonchev–Trinajstić information content (AvgIpc) is 2.54. The lowest BCUT2D eigenvalue weighted by Crippen LogP contribution is -2.27. The summed E-state index contributed by atoms with van der Waals surface area (Å²) >= 11 is 0. The van der Waals surface area contributed by atoms with E-state index in [0.717, 1.165) is 12.0 Å². The summed E-state index contributed by atoms with van der Waals surface area (Å²) in [5, 5.41) is 2.90. The largest absolute Gasteiger partial charge is 0.493 e. The molecule has 22 heavy (non-hydrogen) atoms. The first-order valence-corrected chi connectivity index (χ1v) is 7.55. The molecule has 4 heteroatoms. The molecule has 1 N–H and O–H groups in total. The van der Waals surface area contributed by atoms with Crippen molar-refractivity contribution < 1.29 is 9.53 Å². The van der Waals surface area contributed by atoms with Crippen LogP contribution in [-0.4, -0.2) is 24.0 Å². The summed E-state index contributed by atoms with van der Waals surface area (Å²) < 4.78 is 5.72. The van der Waals surface area contributed by atoms with Crippen LogP contribution in [0.5, 0.6) is 5.75 Å². The molecule has 0 aliphatic heterocycles. The second-order valence-electron chi connectivity index (χ2n) is 5.59. The van der Waals surface area contributed by atoms with E-state index in [2.05, 4.69) is 24.1 Å². The molecule has 0 atom stereocenters. The number of pyridine rings is 1. The van der Waals surface area contributed by atoms with Crippen molar-refractivity contribution >= 4 is 5.91 Å². The van der Waals surface area contributed by atoms with E-state index in [-0.39, 0.29) is 5.91 Å². The number of nitrogens with one attached hydrogen (secondary N) is 1. The fourth-order valence-corrected chi connectivity index (χ4v) is 1.96. The van der Waals surface area contributed by atoms with Gasteiger partial charge in [0.05, 0.1) is 6.61 Å². The Bertz CT molecular complexity index is 597. The van der Waals surface area contributed by atoms with E-state index in [1.807, 2.05) is 30.5 Å². The Morgan fingerprint density at radius 3 is 2.86 bits per heavy atom. The Kier molecular flexibility index (Phi) is 5.95. The van der Waals surface area contributed by atoms with Crippen molar-refractivity contribution in [2.24, 2.45) is 5.92 Å². The van der Waals surface area contributed by atoms with Gasteiger partial charge < -0.3 is 10.1 Å². The third-order valence-electron chi connectivity index (χ3n) is 3.15. The molecule has 2 aromatic rings. The maximum atomic E-state index is 12.0. The molecule has 0 aliphatic rings. The normalized spacial score (nSPS) is 10.5. The SMILES string of the molecule is CC(C)CNC(=O)c1cccc(OCCc2cccnc2)c1. The number of benzene rings is 1. The van der Waals surface area contributed by atoms with Crippen molar-refractivity contribution in [3.8, 4) is 5.75 Å². The molecule has 0 radical (unpaired) electrons. The van der Waals surface area contributed by atoms with Gasteiger partial charge in [-0.1, -0.05) is 26.0 Å². The van der Waals surface area contributed by atoms with Gasteiger partial charge in [-0.3, -0.25) is 9.78 Å². The molecule has 0 unspecified atom stereocenters. The molecule has 0 fully saturated rings. The highest BCUT2D eigenvalue weighted by Crippen LogP contribution is 2.14. The second kappa shape index (κ2) is 8.17. The van der Waals surface area contributed by atoms with Gasteiger partial charge >= 0.3 is 0 Å². The van der Waals surface area contributed by atoms with Crippen molar-refractivity contribution in [3.63, 3.8) is 0 Å². The molecule has 4 nitrogen and oxygen atoms in total. The van der Waals surface area contributed by atoms with Gasteiger partial charge in [0.15, 0.2) is 0 Å². The first-order chi connectivity index (χ1) is 10.6. The van der Waals surface area contributed by atoms with Crippen LogP contribution in [0.1, 0.15) is 29.8 Å². The van der Waals surface area contributed by atoms with Gasteiger partial charge in [0.1, 0.15) is 5.75 Å². The molecule has 2 rings (SSSR count). The Morgan fingerprint density at radius 1 is 1.27 bits per heavy atom. The van der Waals surface area contributed by atoms with E-state index >= 15 is 0 Å². The highest BCUT2D eigenvalue weighted by molar-refractivity contribution is 5.94. The number of rotatable bonds is 7. The lowest BCUT2D eigenvalue weighted by atomic mass is 10.2. The standard InChI is InChI=1S/C18H22N2O2/c1-14(2)12-20-18(21)16-6-3-7-17(11-16)22-10-8-15-5-4-9-19-13-15/h3-7,9,11,13-14H,8,10,12H2,1-2H3,(H,20,21). The maximum Gasteiger partial charge on any atom is 0.251 e. The fourth-order valence-electron chi connectivity index (χ4n) is 1.96. The summed E-state index contributed by atoms with van der Waals surface area (Å²) in [5.41, 5.74) is 1.76. The van der Waals surface area contributed by atoms with Crippen LogP contribution in [0.2, 0.25) is 0 Å². The van der Waals surface area contributed by atoms with E-state index < -0.39 is 0 Å². The Hall–Kier alpha value is -2.36. The molecule has 1 aromatic heterocycles. The first kappa shape index (κ1) is 16.0. The van der Waals surface area contributed by atoms with E-state index in [1.54, 1.807) is 18.3 Å². The van der Waals surface area contributed by atoms with E-state index in [0.29, 0.717) is 30.4 Å². The maximum absolute atomic E-state index is 12.0. The lowest BCUT2D eigenvalue weighted by Gasteiger charge is -2.10. The Balaban J connectivity index is 1.87. The van der Waals surface area contributed by atoms with E-state index in [9.17, 15) is 4.79 Å². The summed E-state index contributed by atoms with van der Waals surface area (Å²) in [4.78, 5) is 16.1. The number of amides is 1. The van der Waals surface area contributed by atoms with E-state index in [1.165, 1.54) is 0 Å². The fraction of sp³-hybridized carbons (Fsp3) is 0.333. The molecular formula is C18H22N2O2. The van der Waals surface area contributed by atoms with E-state index in [4.69, 9.17) is 4.74 Å². The van der Waals surface area contributed by atoms with Crippen molar-refractivity contribution in [1.82, 2.24) is 10.3 Å². The van der Waals surface area contributed by atoms with Crippen molar-refractivity contribution in [2.45, 2.75) is 20.3 Å². The quantitative estimate of drug-likeness (QED) is 0.854. The van der Waals surface area contributed by atoms with Gasteiger partial charge in [-0.2, -0.15) is 0 Å². The number of ether oxygens (including phenoxy) is 1. The van der Waals surface area contributed by atoms with Gasteiger partial charge in [0, 0.05) is 30.9 Å². The molecule has 1 aromatic carbocycles. The predicted octanol–water partition coefficient (Wildman–Crippen LogP) is 3.09. The van der Waals surface area contributed by atoms with Gasteiger partial charge in [-0.05, 0) is 35.7 Å². The summed E-state index contributed by atoms with van der Waals surface area (Å²) in [6, 6.07) is 11.2. The van der Waals surface area contributed by atoms with Crippen LogP contribution in [0, 0.1) is 5.92 Å². The van der Waals surface area contributed by atoms with Crippen LogP contribution in [0.3, 0.4) is 0 Å². The van der Waals surface area contributed by atoms with Crippen LogP contribution in [0.15, 0.2) is 48.8 Å². The molecule has 0 saturated carbocycles. The zero-order valence-electron chi connectivity index (χ0n) is 13.1. The van der Waals surface area contributed by atoms with Crippen LogP contribution < -0.4 is 10.1 Å². The smallest absolute Gasteiger partial charge is 0.251 e. The average molecular weight is 298 g/mol. The number of hydrogen-bond donors (Lipinski definition) is 1. The van der Waals surface area contributed by atoms with Crippen LogP contribution >= 0.6 is 0 Å².